The molecule has 1 unspecified atom stereocenters. The highest BCUT2D eigenvalue weighted by Crippen LogP contribution is 2.22. The Kier molecular flexibility index (Phi) is 5.59. The number of nitrogens with zero attached hydrogens (tertiary/aromatic N) is 2. The summed E-state index contributed by atoms with van der Waals surface area (Å²) in [5.74, 6) is 0.320. The number of carbonyl (C=O) groups is 1. The van der Waals surface area contributed by atoms with E-state index in [0.717, 1.165) is 16.5 Å². The van der Waals surface area contributed by atoms with Crippen molar-refractivity contribution in [3.63, 3.8) is 0 Å². The van der Waals surface area contributed by atoms with Crippen LogP contribution in [0.3, 0.4) is 0 Å². The molecule has 2 aromatic rings. The molecule has 0 radical (unpaired) electrons. The van der Waals surface area contributed by atoms with Crippen LogP contribution in [0, 0.1) is 17.2 Å². The summed E-state index contributed by atoms with van der Waals surface area (Å²) in [7, 11) is 0. The van der Waals surface area contributed by atoms with Crippen molar-refractivity contribution >= 4 is 22.9 Å². The van der Waals surface area contributed by atoms with Gasteiger partial charge in [0.1, 0.15) is 0 Å². The standard InChI is InChI=1S/C19H23N3O/c1-14(2)15(3)21-19(23)10-9-16-13-22(12-6-11-20)18-8-5-4-7-17(16)18/h4-5,7-10,13-15H,6,12H2,1-3H3,(H,21,23)/b10-9+. The Bertz CT molecular complexity index is 750. The summed E-state index contributed by atoms with van der Waals surface area (Å²) in [6.07, 6.45) is 5.88. The van der Waals surface area contributed by atoms with Crippen molar-refractivity contribution in [3.8, 4) is 6.07 Å². The number of fused-ring (bicyclic) bond motifs is 1. The minimum absolute atomic E-state index is 0.0833. The quantitative estimate of drug-likeness (QED) is 0.827. The molecule has 0 aliphatic carbocycles. The number of aryl methyl sites for hydroxylation is 1. The molecule has 4 nitrogen and oxygen atoms in total. The lowest BCUT2D eigenvalue weighted by Gasteiger charge is -2.15. The molecule has 1 heterocycles. The number of hydrogen-bond donors (Lipinski definition) is 1. The van der Waals surface area contributed by atoms with Crippen LogP contribution in [0.25, 0.3) is 17.0 Å². The zero-order valence-corrected chi connectivity index (χ0v) is 13.9. The summed E-state index contributed by atoms with van der Waals surface area (Å²) in [6.45, 7) is 6.82. The normalized spacial score (nSPS) is 12.7. The highest BCUT2D eigenvalue weighted by molar-refractivity contribution is 5.96. The van der Waals surface area contributed by atoms with E-state index in [2.05, 4.69) is 29.8 Å². The topological polar surface area (TPSA) is 57.8 Å². The summed E-state index contributed by atoms with van der Waals surface area (Å²) in [6, 6.07) is 10.3. The molecule has 2 rings (SSSR count). The maximum absolute atomic E-state index is 12.0. The van der Waals surface area contributed by atoms with Gasteiger partial charge in [0.15, 0.2) is 0 Å². The number of rotatable bonds is 6. The van der Waals surface area contributed by atoms with E-state index in [-0.39, 0.29) is 11.9 Å². The number of nitrogens with one attached hydrogen (secondary N) is 1. The van der Waals surface area contributed by atoms with Gasteiger partial charge >= 0.3 is 0 Å². The third kappa shape index (κ3) is 4.23. The van der Waals surface area contributed by atoms with Gasteiger partial charge in [-0.05, 0) is 25.0 Å². The number of hydrogen-bond acceptors (Lipinski definition) is 2. The Balaban J connectivity index is 2.21. The van der Waals surface area contributed by atoms with Crippen molar-refractivity contribution in [3.05, 3.63) is 42.1 Å². The molecule has 0 saturated carbocycles. The predicted octanol–water partition coefficient (Wildman–Crippen LogP) is 3.73. The maximum atomic E-state index is 12.0. The molecular weight excluding hydrogens is 286 g/mol. The zero-order chi connectivity index (χ0) is 16.8. The third-order valence-corrected chi connectivity index (χ3v) is 4.07. The number of aromatic nitrogens is 1. The zero-order valence-electron chi connectivity index (χ0n) is 13.9. The number of benzene rings is 1. The van der Waals surface area contributed by atoms with Gasteiger partial charge in [0, 0.05) is 41.3 Å². The van der Waals surface area contributed by atoms with Crippen LogP contribution in [0.15, 0.2) is 36.5 Å². The first kappa shape index (κ1) is 16.8. The number of amides is 1. The molecular formula is C19H23N3O. The van der Waals surface area contributed by atoms with Gasteiger partial charge in [0.05, 0.1) is 12.5 Å². The fourth-order valence-corrected chi connectivity index (χ4v) is 2.37. The monoisotopic (exact) mass is 309 g/mol. The molecule has 0 saturated heterocycles. The molecule has 1 amide bonds. The second kappa shape index (κ2) is 7.64. The van der Waals surface area contributed by atoms with Crippen molar-refractivity contribution in [2.45, 2.75) is 39.8 Å². The SMILES string of the molecule is CC(C)C(C)NC(=O)/C=C/c1cn(CCC#N)c2ccccc12. The fraction of sp³-hybridized carbons (Fsp3) is 0.368. The first-order chi connectivity index (χ1) is 11.0. The lowest BCUT2D eigenvalue weighted by atomic mass is 10.1. The number of nitriles is 1. The Morgan fingerprint density at radius 1 is 1.35 bits per heavy atom. The molecule has 4 heteroatoms. The van der Waals surface area contributed by atoms with Gasteiger partial charge in [-0.1, -0.05) is 32.0 Å². The molecule has 0 aliphatic heterocycles. The first-order valence-corrected chi connectivity index (χ1v) is 7.96. The van der Waals surface area contributed by atoms with E-state index < -0.39 is 0 Å². The molecule has 1 aromatic heterocycles. The Morgan fingerprint density at radius 3 is 2.78 bits per heavy atom. The van der Waals surface area contributed by atoms with Crippen LogP contribution in [0.2, 0.25) is 0 Å². The van der Waals surface area contributed by atoms with Crippen LogP contribution in [0.5, 0.6) is 0 Å². The van der Waals surface area contributed by atoms with Crippen molar-refractivity contribution < 1.29 is 4.79 Å². The van der Waals surface area contributed by atoms with E-state index in [0.29, 0.717) is 18.9 Å². The van der Waals surface area contributed by atoms with Crippen LogP contribution < -0.4 is 5.32 Å². The summed E-state index contributed by atoms with van der Waals surface area (Å²) >= 11 is 0. The van der Waals surface area contributed by atoms with E-state index in [1.54, 1.807) is 6.08 Å². The van der Waals surface area contributed by atoms with Crippen LogP contribution >= 0.6 is 0 Å². The van der Waals surface area contributed by atoms with E-state index in [1.165, 1.54) is 0 Å². The second-order valence-electron chi connectivity index (χ2n) is 6.08. The molecule has 0 spiro atoms. The van der Waals surface area contributed by atoms with Crippen LogP contribution in [-0.4, -0.2) is 16.5 Å². The van der Waals surface area contributed by atoms with Crippen molar-refractivity contribution in [2.24, 2.45) is 5.92 Å². The molecule has 1 N–H and O–H groups in total. The van der Waals surface area contributed by atoms with Gasteiger partial charge in [0.25, 0.3) is 0 Å². The lowest BCUT2D eigenvalue weighted by molar-refractivity contribution is -0.117. The molecule has 120 valence electrons. The van der Waals surface area contributed by atoms with Gasteiger partial charge in [0.2, 0.25) is 5.91 Å². The summed E-state index contributed by atoms with van der Waals surface area (Å²) in [5, 5.41) is 12.8. The van der Waals surface area contributed by atoms with E-state index in [1.807, 2.05) is 43.5 Å². The number of carbonyl (C=O) groups excluding carboxylic acids is 1. The minimum Gasteiger partial charge on any atom is -0.350 e. The summed E-state index contributed by atoms with van der Waals surface area (Å²) < 4.78 is 2.06. The van der Waals surface area contributed by atoms with Crippen molar-refractivity contribution in [2.75, 3.05) is 0 Å². The molecule has 1 atom stereocenters. The summed E-state index contributed by atoms with van der Waals surface area (Å²) in [5.41, 5.74) is 2.07. The largest absolute Gasteiger partial charge is 0.350 e. The highest BCUT2D eigenvalue weighted by Gasteiger charge is 2.09. The van der Waals surface area contributed by atoms with Crippen LogP contribution in [0.4, 0.5) is 0 Å². The van der Waals surface area contributed by atoms with Gasteiger partial charge in [-0.15, -0.1) is 0 Å². The number of para-hydroxylation sites is 1. The average Bonchev–Trinajstić information content (AvgIpc) is 2.89. The third-order valence-electron chi connectivity index (χ3n) is 4.07. The Morgan fingerprint density at radius 2 is 2.09 bits per heavy atom. The highest BCUT2D eigenvalue weighted by atomic mass is 16.1. The summed E-state index contributed by atoms with van der Waals surface area (Å²) in [4.78, 5) is 12.0. The van der Waals surface area contributed by atoms with E-state index >= 15 is 0 Å². The van der Waals surface area contributed by atoms with Crippen LogP contribution in [0.1, 0.15) is 32.8 Å². The lowest BCUT2D eigenvalue weighted by Crippen LogP contribution is -2.34. The second-order valence-corrected chi connectivity index (χ2v) is 6.08. The van der Waals surface area contributed by atoms with Gasteiger partial charge in [-0.25, -0.2) is 0 Å². The molecule has 0 fully saturated rings. The van der Waals surface area contributed by atoms with Crippen molar-refractivity contribution in [1.82, 2.24) is 9.88 Å². The smallest absolute Gasteiger partial charge is 0.244 e. The van der Waals surface area contributed by atoms with Gasteiger partial charge < -0.3 is 9.88 Å². The first-order valence-electron chi connectivity index (χ1n) is 7.96. The van der Waals surface area contributed by atoms with E-state index in [4.69, 9.17) is 5.26 Å². The molecule has 1 aromatic carbocycles. The molecule has 23 heavy (non-hydrogen) atoms. The van der Waals surface area contributed by atoms with Crippen molar-refractivity contribution in [1.29, 1.82) is 5.26 Å². The van der Waals surface area contributed by atoms with Gasteiger partial charge in [-0.3, -0.25) is 4.79 Å². The maximum Gasteiger partial charge on any atom is 0.244 e. The fourth-order valence-electron chi connectivity index (χ4n) is 2.37. The van der Waals surface area contributed by atoms with Gasteiger partial charge in [-0.2, -0.15) is 5.26 Å². The predicted molar refractivity (Wildman–Crippen MR) is 93.6 cm³/mol. The average molecular weight is 309 g/mol. The Hall–Kier alpha value is -2.54. The minimum atomic E-state index is -0.0833. The molecule has 0 aliphatic rings. The molecule has 0 bridgehead atoms. The van der Waals surface area contributed by atoms with E-state index in [9.17, 15) is 4.79 Å². The van der Waals surface area contributed by atoms with Crippen LogP contribution in [-0.2, 0) is 11.3 Å². The Labute approximate surface area is 137 Å².